The van der Waals surface area contributed by atoms with Gasteiger partial charge in [-0.3, -0.25) is 9.10 Å². The summed E-state index contributed by atoms with van der Waals surface area (Å²) in [6.45, 7) is 7.49. The third kappa shape index (κ3) is 5.58. The van der Waals surface area contributed by atoms with E-state index in [1.165, 1.54) is 9.87 Å². The highest BCUT2D eigenvalue weighted by Gasteiger charge is 2.30. The molecule has 0 radical (unpaired) electrons. The molecule has 2 rings (SSSR count). The monoisotopic (exact) mass is 402 g/mol. The third-order valence-electron chi connectivity index (χ3n) is 4.73. The minimum absolute atomic E-state index is 0.368. The smallest absolute Gasteiger partial charge is 0.247 e. The fourth-order valence-corrected chi connectivity index (χ4v) is 4.34. The summed E-state index contributed by atoms with van der Waals surface area (Å²) in [4.78, 5) is 12.8. The lowest BCUT2D eigenvalue weighted by Gasteiger charge is -2.29. The van der Waals surface area contributed by atoms with Gasteiger partial charge >= 0.3 is 0 Å². The lowest BCUT2D eigenvalue weighted by molar-refractivity contribution is -0.116. The Morgan fingerprint density at radius 2 is 1.75 bits per heavy atom. The molecule has 1 atom stereocenters. The van der Waals surface area contributed by atoms with Crippen molar-refractivity contribution in [3.63, 3.8) is 0 Å². The second-order valence-electron chi connectivity index (χ2n) is 7.31. The number of nitrogens with one attached hydrogen (secondary N) is 1. The quantitative estimate of drug-likeness (QED) is 0.710. The third-order valence-corrected chi connectivity index (χ3v) is 5.96. The van der Waals surface area contributed by atoms with Crippen LogP contribution in [0.4, 0.5) is 11.4 Å². The zero-order chi connectivity index (χ0) is 20.9. The molecular formula is C22H30N2O3S. The number of amides is 1. The summed E-state index contributed by atoms with van der Waals surface area (Å²) in [5.41, 5.74) is 4.15. The number of unbranched alkanes of at least 4 members (excludes halogenated alkanes) is 1. The molecule has 0 aliphatic carbocycles. The van der Waals surface area contributed by atoms with Crippen LogP contribution in [0, 0.1) is 13.8 Å². The molecule has 6 heteroatoms. The second-order valence-corrected chi connectivity index (χ2v) is 9.17. The summed E-state index contributed by atoms with van der Waals surface area (Å²) in [5.74, 6) is -0.368. The van der Waals surface area contributed by atoms with Crippen LogP contribution in [-0.2, 0) is 21.2 Å². The standard InChI is InChI=1S/C22H30N2O3S/c1-6-7-8-19-11-13-20(14-12-19)23-22(25)18(4)24(28(5,26)27)21-15-16(2)9-10-17(21)3/h9-15,18H,6-8H2,1-5H3,(H,23,25)/t18-/m0/s1. The van der Waals surface area contributed by atoms with Crippen LogP contribution in [0.5, 0.6) is 0 Å². The first kappa shape index (κ1) is 22.0. The van der Waals surface area contributed by atoms with Crippen LogP contribution >= 0.6 is 0 Å². The van der Waals surface area contributed by atoms with Crippen molar-refractivity contribution in [2.45, 2.75) is 53.0 Å². The highest BCUT2D eigenvalue weighted by molar-refractivity contribution is 7.92. The van der Waals surface area contributed by atoms with Crippen molar-refractivity contribution in [3.05, 3.63) is 59.2 Å². The maximum absolute atomic E-state index is 12.8. The molecule has 0 aliphatic heterocycles. The lowest BCUT2D eigenvalue weighted by atomic mass is 10.1. The molecule has 0 saturated heterocycles. The van der Waals surface area contributed by atoms with Gasteiger partial charge in [-0.2, -0.15) is 0 Å². The average Bonchev–Trinajstić information content (AvgIpc) is 2.63. The summed E-state index contributed by atoms with van der Waals surface area (Å²) < 4.78 is 26.2. The Hall–Kier alpha value is -2.34. The number of carbonyl (C=O) groups excluding carboxylic acids is 1. The summed E-state index contributed by atoms with van der Waals surface area (Å²) in [5, 5.41) is 2.84. The van der Waals surface area contributed by atoms with Crippen molar-refractivity contribution in [1.82, 2.24) is 0 Å². The van der Waals surface area contributed by atoms with Gasteiger partial charge in [-0.25, -0.2) is 8.42 Å². The molecule has 0 spiro atoms. The van der Waals surface area contributed by atoms with E-state index in [2.05, 4.69) is 12.2 Å². The Labute approximate surface area is 168 Å². The molecule has 0 saturated carbocycles. The molecule has 0 heterocycles. The number of anilines is 2. The number of hydrogen-bond acceptors (Lipinski definition) is 3. The van der Waals surface area contributed by atoms with Gasteiger partial charge in [0, 0.05) is 5.69 Å². The molecule has 5 nitrogen and oxygen atoms in total. The van der Waals surface area contributed by atoms with E-state index < -0.39 is 16.1 Å². The molecule has 152 valence electrons. The number of aryl methyl sites for hydroxylation is 3. The van der Waals surface area contributed by atoms with Crippen molar-refractivity contribution >= 4 is 27.3 Å². The highest BCUT2D eigenvalue weighted by Crippen LogP contribution is 2.26. The van der Waals surface area contributed by atoms with Crippen LogP contribution in [0.3, 0.4) is 0 Å². The van der Waals surface area contributed by atoms with Gasteiger partial charge in [-0.05, 0) is 68.5 Å². The molecular weight excluding hydrogens is 372 g/mol. The maximum atomic E-state index is 12.8. The van der Waals surface area contributed by atoms with Crippen LogP contribution in [-0.4, -0.2) is 26.6 Å². The SMILES string of the molecule is CCCCc1ccc(NC(=O)[C@H](C)N(c2cc(C)ccc2C)S(C)(=O)=O)cc1. The van der Waals surface area contributed by atoms with Gasteiger partial charge in [0.1, 0.15) is 6.04 Å². The van der Waals surface area contributed by atoms with Crippen molar-refractivity contribution in [1.29, 1.82) is 0 Å². The van der Waals surface area contributed by atoms with E-state index in [4.69, 9.17) is 0 Å². The van der Waals surface area contributed by atoms with E-state index in [1.54, 1.807) is 13.0 Å². The van der Waals surface area contributed by atoms with Gasteiger partial charge in [0.2, 0.25) is 15.9 Å². The minimum Gasteiger partial charge on any atom is -0.324 e. The molecule has 2 aromatic rings. The lowest BCUT2D eigenvalue weighted by Crippen LogP contribution is -2.45. The van der Waals surface area contributed by atoms with Crippen LogP contribution in [0.2, 0.25) is 0 Å². The Kier molecular flexibility index (Phi) is 7.24. The van der Waals surface area contributed by atoms with E-state index in [0.717, 1.165) is 36.6 Å². The predicted molar refractivity (Wildman–Crippen MR) is 116 cm³/mol. The number of rotatable bonds is 8. The number of hydrogen-bond donors (Lipinski definition) is 1. The van der Waals surface area contributed by atoms with Gasteiger partial charge < -0.3 is 5.32 Å². The molecule has 1 N–H and O–H groups in total. The molecule has 2 aromatic carbocycles. The summed E-state index contributed by atoms with van der Waals surface area (Å²) in [7, 11) is -3.64. The number of carbonyl (C=O) groups is 1. The van der Waals surface area contributed by atoms with E-state index in [-0.39, 0.29) is 5.91 Å². The molecule has 0 fully saturated rings. The van der Waals surface area contributed by atoms with Crippen LogP contribution < -0.4 is 9.62 Å². The van der Waals surface area contributed by atoms with Crippen LogP contribution in [0.1, 0.15) is 43.4 Å². The molecule has 0 aromatic heterocycles. The van der Waals surface area contributed by atoms with Crippen molar-refractivity contribution in [2.75, 3.05) is 15.9 Å². The fourth-order valence-electron chi connectivity index (χ4n) is 3.12. The zero-order valence-electron chi connectivity index (χ0n) is 17.3. The highest BCUT2D eigenvalue weighted by atomic mass is 32.2. The summed E-state index contributed by atoms with van der Waals surface area (Å²) >= 11 is 0. The average molecular weight is 403 g/mol. The first-order valence-electron chi connectivity index (χ1n) is 9.60. The molecule has 0 unspecified atom stereocenters. The maximum Gasteiger partial charge on any atom is 0.247 e. The molecule has 0 bridgehead atoms. The summed E-state index contributed by atoms with van der Waals surface area (Å²) in [6, 6.07) is 12.4. The van der Waals surface area contributed by atoms with Crippen molar-refractivity contribution < 1.29 is 13.2 Å². The summed E-state index contributed by atoms with van der Waals surface area (Å²) in [6.07, 6.45) is 4.40. The Morgan fingerprint density at radius 3 is 2.32 bits per heavy atom. The van der Waals surface area contributed by atoms with Crippen LogP contribution in [0.25, 0.3) is 0 Å². The van der Waals surface area contributed by atoms with Gasteiger partial charge in [0.25, 0.3) is 0 Å². The first-order chi connectivity index (χ1) is 13.1. The van der Waals surface area contributed by atoms with E-state index >= 15 is 0 Å². The Bertz CT molecular complexity index is 921. The molecule has 0 aliphatic rings. The van der Waals surface area contributed by atoms with Gasteiger partial charge in [0.15, 0.2) is 0 Å². The number of sulfonamides is 1. The molecule has 28 heavy (non-hydrogen) atoms. The Balaban J connectivity index is 2.23. The number of benzene rings is 2. The Morgan fingerprint density at radius 1 is 1.11 bits per heavy atom. The zero-order valence-corrected chi connectivity index (χ0v) is 18.1. The molecule has 1 amide bonds. The predicted octanol–water partition coefficient (Wildman–Crippen LogP) is 4.44. The second kappa shape index (κ2) is 9.24. The topological polar surface area (TPSA) is 66.5 Å². The van der Waals surface area contributed by atoms with Crippen LogP contribution in [0.15, 0.2) is 42.5 Å². The normalized spacial score (nSPS) is 12.5. The number of nitrogens with zero attached hydrogens (tertiary/aromatic N) is 1. The van der Waals surface area contributed by atoms with Gasteiger partial charge in [-0.15, -0.1) is 0 Å². The van der Waals surface area contributed by atoms with E-state index in [1.807, 2.05) is 50.2 Å². The fraction of sp³-hybridized carbons (Fsp3) is 0.409. The van der Waals surface area contributed by atoms with Gasteiger partial charge in [-0.1, -0.05) is 37.6 Å². The van der Waals surface area contributed by atoms with Crippen molar-refractivity contribution in [2.24, 2.45) is 0 Å². The van der Waals surface area contributed by atoms with E-state index in [0.29, 0.717) is 11.4 Å². The largest absolute Gasteiger partial charge is 0.324 e. The first-order valence-corrected chi connectivity index (χ1v) is 11.4. The minimum atomic E-state index is -3.64. The van der Waals surface area contributed by atoms with E-state index in [9.17, 15) is 13.2 Å². The van der Waals surface area contributed by atoms with Crippen molar-refractivity contribution in [3.8, 4) is 0 Å². The van der Waals surface area contributed by atoms with Gasteiger partial charge in [0.05, 0.1) is 11.9 Å².